The zero-order chi connectivity index (χ0) is 23.7. The minimum atomic E-state index is -0.922. The maximum absolute atomic E-state index is 13.4. The molecule has 2 N–H and O–H groups in total. The van der Waals surface area contributed by atoms with Crippen LogP contribution in [-0.2, 0) is 17.8 Å². The van der Waals surface area contributed by atoms with Gasteiger partial charge < -0.3 is 19.7 Å². The predicted octanol–water partition coefficient (Wildman–Crippen LogP) is 3.02. The minimum absolute atomic E-state index is 0.0659. The molecule has 33 heavy (non-hydrogen) atoms. The van der Waals surface area contributed by atoms with Crippen LogP contribution in [-0.4, -0.2) is 37.3 Å². The fraction of sp³-hybridized carbons (Fsp3) is 0.333. The molecule has 2 amide bonds. The molecular formula is C21H20ClFN6O4. The summed E-state index contributed by atoms with van der Waals surface area (Å²) in [6, 6.07) is 1.79. The summed E-state index contributed by atoms with van der Waals surface area (Å²) in [6.45, 7) is 3.66. The molecule has 4 rings (SSSR count). The van der Waals surface area contributed by atoms with Crippen LogP contribution in [0.5, 0.6) is 0 Å². The number of fused-ring (bicyclic) bond motifs is 1. The lowest BCUT2D eigenvalue weighted by Gasteiger charge is -2.18. The lowest BCUT2D eigenvalue weighted by Crippen LogP contribution is -2.35. The number of halogens is 2. The Morgan fingerprint density at radius 1 is 1.30 bits per heavy atom. The molecule has 0 aromatic carbocycles. The molecule has 12 heteroatoms. The van der Waals surface area contributed by atoms with E-state index < -0.39 is 29.6 Å². The molecule has 172 valence electrons. The van der Waals surface area contributed by atoms with E-state index in [0.29, 0.717) is 24.5 Å². The molecule has 1 aliphatic heterocycles. The zero-order valence-electron chi connectivity index (χ0n) is 17.8. The summed E-state index contributed by atoms with van der Waals surface area (Å²) < 4.78 is 20.0. The fourth-order valence-electron chi connectivity index (χ4n) is 3.75. The molecule has 3 aromatic heterocycles. The van der Waals surface area contributed by atoms with Gasteiger partial charge in [-0.2, -0.15) is 9.37 Å². The van der Waals surface area contributed by atoms with Gasteiger partial charge in [0.2, 0.25) is 11.8 Å². The molecule has 1 unspecified atom stereocenters. The van der Waals surface area contributed by atoms with Crippen molar-refractivity contribution in [3.05, 3.63) is 58.0 Å². The summed E-state index contributed by atoms with van der Waals surface area (Å²) in [5.74, 6) is -2.62. The number of amides is 2. The number of ketones is 1. The van der Waals surface area contributed by atoms with Crippen LogP contribution >= 0.6 is 11.6 Å². The van der Waals surface area contributed by atoms with E-state index in [0.717, 1.165) is 18.9 Å². The Hall–Kier alpha value is -3.60. The summed E-state index contributed by atoms with van der Waals surface area (Å²) >= 11 is 6.50. The van der Waals surface area contributed by atoms with Crippen LogP contribution in [0, 0.1) is 12.9 Å². The Morgan fingerprint density at radius 3 is 2.79 bits per heavy atom. The highest BCUT2D eigenvalue weighted by Crippen LogP contribution is 2.33. The average molecular weight is 475 g/mol. The fourth-order valence-corrected chi connectivity index (χ4v) is 4.13. The Balaban J connectivity index is 1.63. The van der Waals surface area contributed by atoms with Gasteiger partial charge in [0.25, 0.3) is 17.6 Å². The maximum Gasteiger partial charge on any atom is 0.294 e. The number of aromatic nitrogens is 4. The van der Waals surface area contributed by atoms with Gasteiger partial charge in [0.15, 0.2) is 5.82 Å². The number of carbonyl (C=O) groups is 3. The van der Waals surface area contributed by atoms with E-state index in [1.165, 1.54) is 12.3 Å². The SMILES string of the molecule is Cc1noc(C(C)NC(=O)C(=O)c2c(Cl)c(C(=O)Nc3ccnc(F)c3)c3n2CCCC3)n1. The molecular weight excluding hydrogens is 455 g/mol. The van der Waals surface area contributed by atoms with Crippen molar-refractivity contribution in [3.8, 4) is 0 Å². The van der Waals surface area contributed by atoms with Gasteiger partial charge in [-0.15, -0.1) is 0 Å². The van der Waals surface area contributed by atoms with E-state index in [1.807, 2.05) is 0 Å². The van der Waals surface area contributed by atoms with E-state index in [2.05, 4.69) is 25.8 Å². The average Bonchev–Trinajstić information content (AvgIpc) is 3.33. The molecule has 10 nitrogen and oxygen atoms in total. The van der Waals surface area contributed by atoms with Crippen molar-refractivity contribution >= 4 is 34.9 Å². The molecule has 3 aromatic rings. The molecule has 1 atom stereocenters. The van der Waals surface area contributed by atoms with Crippen LogP contribution in [0.1, 0.15) is 64.1 Å². The van der Waals surface area contributed by atoms with Crippen molar-refractivity contribution < 1.29 is 23.3 Å². The van der Waals surface area contributed by atoms with E-state index in [1.54, 1.807) is 18.4 Å². The first-order chi connectivity index (χ1) is 15.8. The monoisotopic (exact) mass is 474 g/mol. The van der Waals surface area contributed by atoms with Crippen molar-refractivity contribution in [2.45, 2.75) is 45.7 Å². The highest BCUT2D eigenvalue weighted by Gasteiger charge is 2.34. The second kappa shape index (κ2) is 9.10. The maximum atomic E-state index is 13.4. The second-order valence-electron chi connectivity index (χ2n) is 7.62. The van der Waals surface area contributed by atoms with Gasteiger partial charge in [0.05, 0.1) is 10.6 Å². The summed E-state index contributed by atoms with van der Waals surface area (Å²) in [4.78, 5) is 46.3. The van der Waals surface area contributed by atoms with Crippen LogP contribution in [0.15, 0.2) is 22.9 Å². The summed E-state index contributed by atoms with van der Waals surface area (Å²) in [5.41, 5.74) is 0.762. The van der Waals surface area contributed by atoms with Gasteiger partial charge in [0.1, 0.15) is 11.7 Å². The normalized spacial score (nSPS) is 13.8. The van der Waals surface area contributed by atoms with Gasteiger partial charge in [-0.1, -0.05) is 16.8 Å². The number of nitrogens with zero attached hydrogens (tertiary/aromatic N) is 4. The van der Waals surface area contributed by atoms with Crippen molar-refractivity contribution in [2.75, 3.05) is 5.32 Å². The van der Waals surface area contributed by atoms with Crippen molar-refractivity contribution in [2.24, 2.45) is 0 Å². The number of carbonyl (C=O) groups excluding carboxylic acids is 3. The largest absolute Gasteiger partial charge is 0.340 e. The molecule has 0 spiro atoms. The van der Waals surface area contributed by atoms with Gasteiger partial charge in [0, 0.05) is 30.2 Å². The lowest BCUT2D eigenvalue weighted by molar-refractivity contribution is -0.117. The van der Waals surface area contributed by atoms with Crippen molar-refractivity contribution in [1.82, 2.24) is 25.0 Å². The quantitative estimate of drug-likeness (QED) is 0.319. The van der Waals surface area contributed by atoms with E-state index >= 15 is 0 Å². The molecule has 0 radical (unpaired) electrons. The molecule has 0 aliphatic carbocycles. The van der Waals surface area contributed by atoms with Crippen LogP contribution in [0.2, 0.25) is 5.02 Å². The van der Waals surface area contributed by atoms with E-state index in [9.17, 15) is 18.8 Å². The number of hydrogen-bond donors (Lipinski definition) is 2. The van der Waals surface area contributed by atoms with Crippen LogP contribution < -0.4 is 10.6 Å². The van der Waals surface area contributed by atoms with Crippen LogP contribution in [0.25, 0.3) is 0 Å². The Morgan fingerprint density at radius 2 is 2.09 bits per heavy atom. The molecule has 1 aliphatic rings. The third kappa shape index (κ3) is 4.49. The Bertz CT molecular complexity index is 1250. The second-order valence-corrected chi connectivity index (χ2v) is 8.00. The van der Waals surface area contributed by atoms with Gasteiger partial charge >= 0.3 is 0 Å². The van der Waals surface area contributed by atoms with Gasteiger partial charge in [-0.3, -0.25) is 14.4 Å². The smallest absolute Gasteiger partial charge is 0.294 e. The van der Waals surface area contributed by atoms with Crippen LogP contribution in [0.4, 0.5) is 10.1 Å². The van der Waals surface area contributed by atoms with Crippen LogP contribution in [0.3, 0.4) is 0 Å². The third-order valence-corrected chi connectivity index (χ3v) is 5.62. The Kier molecular flexibility index (Phi) is 6.23. The number of hydrogen-bond acceptors (Lipinski definition) is 7. The summed E-state index contributed by atoms with van der Waals surface area (Å²) in [5, 5.41) is 8.63. The predicted molar refractivity (Wildman–Crippen MR) is 114 cm³/mol. The molecule has 4 heterocycles. The summed E-state index contributed by atoms with van der Waals surface area (Å²) in [6.07, 6.45) is 3.26. The first-order valence-corrected chi connectivity index (χ1v) is 10.6. The third-order valence-electron chi connectivity index (χ3n) is 5.25. The zero-order valence-corrected chi connectivity index (χ0v) is 18.6. The Labute approximate surface area is 192 Å². The molecule has 0 saturated heterocycles. The summed E-state index contributed by atoms with van der Waals surface area (Å²) in [7, 11) is 0. The minimum Gasteiger partial charge on any atom is -0.340 e. The first kappa shape index (κ1) is 22.6. The lowest BCUT2D eigenvalue weighted by atomic mass is 10.1. The highest BCUT2D eigenvalue weighted by atomic mass is 35.5. The number of pyridine rings is 1. The topological polar surface area (TPSA) is 132 Å². The molecule has 0 bridgehead atoms. The highest BCUT2D eigenvalue weighted by molar-refractivity contribution is 6.48. The first-order valence-electron chi connectivity index (χ1n) is 10.3. The number of nitrogens with one attached hydrogen (secondary N) is 2. The van der Waals surface area contributed by atoms with E-state index in [4.69, 9.17) is 16.1 Å². The number of Topliss-reactive ketones (excluding diaryl/α,β-unsaturated/α-hetero) is 1. The van der Waals surface area contributed by atoms with E-state index in [-0.39, 0.29) is 27.9 Å². The van der Waals surface area contributed by atoms with Gasteiger partial charge in [-0.25, -0.2) is 4.98 Å². The molecule has 0 saturated carbocycles. The van der Waals surface area contributed by atoms with Crippen molar-refractivity contribution in [1.29, 1.82) is 0 Å². The standard InChI is InChI=1S/C21H20ClFN6O4/c1-10(21-26-11(2)28-33-21)25-20(32)18(30)17-16(22)15(13-5-3-4-8-29(13)17)19(31)27-12-6-7-24-14(23)9-12/h6-7,9-10H,3-5,8H2,1-2H3,(H,25,32)(H,24,27,31). The number of rotatable bonds is 6. The number of anilines is 1. The van der Waals surface area contributed by atoms with Crippen molar-refractivity contribution in [3.63, 3.8) is 0 Å². The number of aryl methyl sites for hydroxylation is 1. The van der Waals surface area contributed by atoms with Gasteiger partial charge in [-0.05, 0) is 39.2 Å². The molecule has 0 fully saturated rings.